The lowest BCUT2D eigenvalue weighted by molar-refractivity contribution is -0.123. The van der Waals surface area contributed by atoms with Crippen LogP contribution in [0.3, 0.4) is 0 Å². The lowest BCUT2D eigenvalue weighted by Crippen LogP contribution is -2.19. The van der Waals surface area contributed by atoms with Crippen LogP contribution < -0.4 is 0 Å². The first-order valence-electron chi connectivity index (χ1n) is 6.81. The Labute approximate surface area is 104 Å². The molecule has 92 valence electrons. The van der Waals surface area contributed by atoms with E-state index in [1.807, 2.05) is 0 Å². The van der Waals surface area contributed by atoms with Crippen LogP contribution in [0.25, 0.3) is 0 Å². The minimum Gasteiger partial charge on any atom is -0.299 e. The average Bonchev–Trinajstić information content (AvgIpc) is 2.76. The maximum atomic E-state index is 12.2. The molecule has 0 radical (unpaired) electrons. The number of benzene rings is 1. The highest BCUT2D eigenvalue weighted by molar-refractivity contribution is 5.83. The largest absolute Gasteiger partial charge is 0.299 e. The Morgan fingerprint density at radius 1 is 1.18 bits per heavy atom. The molecule has 1 fully saturated rings. The van der Waals surface area contributed by atoms with E-state index in [0.29, 0.717) is 24.0 Å². The smallest absolute Gasteiger partial charge is 0.140 e. The van der Waals surface area contributed by atoms with Crippen molar-refractivity contribution in [2.24, 2.45) is 11.8 Å². The molecule has 2 rings (SSSR count). The Bertz CT molecular complexity index is 377. The van der Waals surface area contributed by atoms with E-state index in [4.69, 9.17) is 0 Å². The second-order valence-electron chi connectivity index (χ2n) is 5.33. The van der Waals surface area contributed by atoms with Crippen molar-refractivity contribution in [3.8, 4) is 0 Å². The number of ketones is 1. The molecular formula is C16H22O. The van der Waals surface area contributed by atoms with E-state index in [-0.39, 0.29) is 0 Å². The monoisotopic (exact) mass is 230 g/mol. The Morgan fingerprint density at radius 3 is 2.35 bits per heavy atom. The summed E-state index contributed by atoms with van der Waals surface area (Å²) >= 11 is 0. The molecule has 0 amide bonds. The zero-order valence-corrected chi connectivity index (χ0v) is 10.9. The molecule has 1 heteroatoms. The quantitative estimate of drug-likeness (QED) is 0.769. The Morgan fingerprint density at radius 2 is 1.82 bits per heavy atom. The minimum atomic E-state index is 0.320. The number of Topliss-reactive ketones (excluding diaryl/α,β-unsaturated/α-hetero) is 1. The van der Waals surface area contributed by atoms with Crippen LogP contribution in [-0.4, -0.2) is 5.78 Å². The molecule has 1 aromatic carbocycles. The predicted octanol–water partition coefficient (Wildman–Crippen LogP) is 3.80. The van der Waals surface area contributed by atoms with E-state index in [9.17, 15) is 4.79 Å². The molecule has 1 saturated carbocycles. The number of rotatable bonds is 4. The molecule has 1 aliphatic carbocycles. The molecule has 17 heavy (non-hydrogen) atoms. The van der Waals surface area contributed by atoms with Gasteiger partial charge in [-0.2, -0.15) is 0 Å². The molecule has 0 saturated heterocycles. The number of aryl methyl sites for hydroxylation is 1. The summed E-state index contributed by atoms with van der Waals surface area (Å²) in [5, 5.41) is 0. The number of hydrogen-bond acceptors (Lipinski definition) is 1. The summed E-state index contributed by atoms with van der Waals surface area (Å²) in [6.07, 6.45) is 5.25. The van der Waals surface area contributed by atoms with E-state index in [2.05, 4.69) is 38.1 Å². The third-order valence-corrected chi connectivity index (χ3v) is 4.08. The highest BCUT2D eigenvalue weighted by atomic mass is 16.1. The highest BCUT2D eigenvalue weighted by Crippen LogP contribution is 2.32. The second-order valence-corrected chi connectivity index (χ2v) is 5.33. The number of carbonyl (C=O) groups is 1. The van der Waals surface area contributed by atoms with Crippen molar-refractivity contribution in [3.05, 3.63) is 35.4 Å². The van der Waals surface area contributed by atoms with Gasteiger partial charge in [0.15, 0.2) is 0 Å². The molecule has 0 aromatic heterocycles. The van der Waals surface area contributed by atoms with E-state index in [1.165, 1.54) is 24.0 Å². The molecule has 2 unspecified atom stereocenters. The van der Waals surface area contributed by atoms with Crippen LogP contribution in [0, 0.1) is 11.8 Å². The van der Waals surface area contributed by atoms with Gasteiger partial charge in [0.25, 0.3) is 0 Å². The van der Waals surface area contributed by atoms with Crippen molar-refractivity contribution in [1.29, 1.82) is 0 Å². The van der Waals surface area contributed by atoms with Crippen LogP contribution in [0.1, 0.15) is 44.2 Å². The highest BCUT2D eigenvalue weighted by Gasteiger charge is 2.29. The van der Waals surface area contributed by atoms with Gasteiger partial charge in [-0.1, -0.05) is 44.5 Å². The van der Waals surface area contributed by atoms with Gasteiger partial charge in [0.05, 0.1) is 0 Å². The normalized spacial score (nSPS) is 23.9. The molecule has 1 aliphatic rings. The molecular weight excluding hydrogens is 208 g/mol. The third-order valence-electron chi connectivity index (χ3n) is 4.08. The topological polar surface area (TPSA) is 17.1 Å². The fourth-order valence-corrected chi connectivity index (χ4v) is 2.85. The van der Waals surface area contributed by atoms with Crippen LogP contribution in [0.2, 0.25) is 0 Å². The van der Waals surface area contributed by atoms with Gasteiger partial charge in [-0.15, -0.1) is 0 Å². The van der Waals surface area contributed by atoms with Gasteiger partial charge < -0.3 is 0 Å². The van der Waals surface area contributed by atoms with Crippen LogP contribution in [0.15, 0.2) is 24.3 Å². The predicted molar refractivity (Wildman–Crippen MR) is 71.0 cm³/mol. The SMILES string of the molecule is CCc1ccc(CC(=O)C2CCCC2C)cc1. The summed E-state index contributed by atoms with van der Waals surface area (Å²) in [7, 11) is 0. The molecule has 0 N–H and O–H groups in total. The first-order chi connectivity index (χ1) is 8.20. The molecule has 1 aromatic rings. The van der Waals surface area contributed by atoms with Gasteiger partial charge in [0.2, 0.25) is 0 Å². The van der Waals surface area contributed by atoms with Crippen molar-refractivity contribution in [3.63, 3.8) is 0 Å². The first-order valence-corrected chi connectivity index (χ1v) is 6.81. The summed E-state index contributed by atoms with van der Waals surface area (Å²) in [5.41, 5.74) is 2.52. The van der Waals surface area contributed by atoms with E-state index in [0.717, 1.165) is 12.8 Å². The van der Waals surface area contributed by atoms with Crippen molar-refractivity contribution >= 4 is 5.78 Å². The molecule has 2 atom stereocenters. The van der Waals surface area contributed by atoms with Gasteiger partial charge in [0.1, 0.15) is 5.78 Å². The Hall–Kier alpha value is -1.11. The minimum absolute atomic E-state index is 0.320. The van der Waals surface area contributed by atoms with Gasteiger partial charge in [-0.05, 0) is 36.3 Å². The zero-order chi connectivity index (χ0) is 12.3. The molecule has 0 spiro atoms. The average molecular weight is 230 g/mol. The fraction of sp³-hybridized carbons (Fsp3) is 0.562. The zero-order valence-electron chi connectivity index (χ0n) is 10.9. The van der Waals surface area contributed by atoms with Crippen molar-refractivity contribution in [2.45, 2.75) is 46.0 Å². The van der Waals surface area contributed by atoms with Crippen LogP contribution in [0.4, 0.5) is 0 Å². The lowest BCUT2D eigenvalue weighted by atomic mass is 9.90. The second kappa shape index (κ2) is 5.48. The molecule has 0 heterocycles. The summed E-state index contributed by atoms with van der Waals surface area (Å²) < 4.78 is 0. The maximum absolute atomic E-state index is 12.2. The number of carbonyl (C=O) groups excluding carboxylic acids is 1. The summed E-state index contributed by atoms with van der Waals surface area (Å²) in [6.45, 7) is 4.37. The Kier molecular flexibility index (Phi) is 3.98. The lowest BCUT2D eigenvalue weighted by Gasteiger charge is -2.13. The fourth-order valence-electron chi connectivity index (χ4n) is 2.85. The molecule has 0 bridgehead atoms. The Balaban J connectivity index is 1.97. The maximum Gasteiger partial charge on any atom is 0.140 e. The first kappa shape index (κ1) is 12.3. The summed E-state index contributed by atoms with van der Waals surface area (Å²) in [4.78, 5) is 12.2. The van der Waals surface area contributed by atoms with E-state index < -0.39 is 0 Å². The van der Waals surface area contributed by atoms with Gasteiger partial charge in [0, 0.05) is 12.3 Å². The summed E-state index contributed by atoms with van der Waals surface area (Å²) in [6, 6.07) is 8.49. The standard InChI is InChI=1S/C16H22O/c1-3-13-7-9-14(10-8-13)11-16(17)15-6-4-5-12(15)2/h7-10,12,15H,3-6,11H2,1-2H3. The van der Waals surface area contributed by atoms with E-state index in [1.54, 1.807) is 0 Å². The van der Waals surface area contributed by atoms with Crippen molar-refractivity contribution in [2.75, 3.05) is 0 Å². The van der Waals surface area contributed by atoms with Crippen molar-refractivity contribution < 1.29 is 4.79 Å². The number of hydrogen-bond donors (Lipinski definition) is 0. The molecule has 0 aliphatic heterocycles. The van der Waals surface area contributed by atoms with Gasteiger partial charge in [-0.3, -0.25) is 4.79 Å². The third kappa shape index (κ3) is 2.96. The van der Waals surface area contributed by atoms with Gasteiger partial charge in [-0.25, -0.2) is 0 Å². The van der Waals surface area contributed by atoms with Crippen LogP contribution in [0.5, 0.6) is 0 Å². The van der Waals surface area contributed by atoms with Crippen molar-refractivity contribution in [1.82, 2.24) is 0 Å². The van der Waals surface area contributed by atoms with E-state index >= 15 is 0 Å². The van der Waals surface area contributed by atoms with Gasteiger partial charge >= 0.3 is 0 Å². The van der Waals surface area contributed by atoms with Crippen LogP contribution in [-0.2, 0) is 17.6 Å². The van der Waals surface area contributed by atoms with Crippen LogP contribution >= 0.6 is 0 Å². The summed E-state index contributed by atoms with van der Waals surface area (Å²) in [5.74, 6) is 1.36. The molecule has 1 nitrogen and oxygen atoms in total.